The van der Waals surface area contributed by atoms with Gasteiger partial charge in [-0.15, -0.1) is 0 Å². The highest BCUT2D eigenvalue weighted by Gasteiger charge is 2.31. The van der Waals surface area contributed by atoms with Crippen LogP contribution in [-0.4, -0.2) is 35.8 Å². The molecule has 0 fully saturated rings. The van der Waals surface area contributed by atoms with E-state index in [-0.39, 0.29) is 11.8 Å². The van der Waals surface area contributed by atoms with Crippen LogP contribution in [0.25, 0.3) is 0 Å². The lowest BCUT2D eigenvalue weighted by Gasteiger charge is -2.24. The summed E-state index contributed by atoms with van der Waals surface area (Å²) in [6, 6.07) is -0.631. The highest BCUT2D eigenvalue weighted by Crippen LogP contribution is 2.32. The molecule has 1 aliphatic heterocycles. The molecule has 0 saturated heterocycles. The van der Waals surface area contributed by atoms with Crippen LogP contribution in [0.2, 0.25) is 0 Å². The van der Waals surface area contributed by atoms with Crippen molar-refractivity contribution in [1.82, 2.24) is 10.2 Å². The van der Waals surface area contributed by atoms with Gasteiger partial charge in [-0.2, -0.15) is 0 Å². The molecule has 0 aromatic carbocycles. The Labute approximate surface area is 132 Å². The highest BCUT2D eigenvalue weighted by atomic mass is 16.2. The number of hydrogen-bond donors (Lipinski definition) is 2. The van der Waals surface area contributed by atoms with E-state index in [4.69, 9.17) is 5.73 Å². The molecule has 1 aliphatic carbocycles. The number of carbonyl (C=O) groups is 2. The van der Waals surface area contributed by atoms with Crippen LogP contribution in [-0.2, 0) is 9.59 Å². The quantitative estimate of drug-likeness (QED) is 0.827. The Morgan fingerprint density at radius 3 is 2.77 bits per heavy atom. The zero-order valence-corrected chi connectivity index (χ0v) is 13.8. The zero-order chi connectivity index (χ0) is 16.3. The largest absolute Gasteiger partial charge is 0.337 e. The first kappa shape index (κ1) is 16.7. The topological polar surface area (TPSA) is 75.4 Å². The van der Waals surface area contributed by atoms with Crippen molar-refractivity contribution in [2.75, 3.05) is 13.1 Å². The number of fused-ring (bicyclic) bond motifs is 1. The standard InChI is InChI=1S/C17H27N3O2/c1-11(2)10-20-9-8-13-6-4-5-7-14(13)15(17(20)22)19-16(21)12(3)18/h5,7,11-13H,4,6,8-10,18H2,1-3H3,(H,19,21)/t12-,13?/m0/s1. The van der Waals surface area contributed by atoms with Crippen molar-refractivity contribution in [2.24, 2.45) is 17.6 Å². The Balaban J connectivity index is 2.35. The lowest BCUT2D eigenvalue weighted by molar-refractivity contribution is -0.130. The molecule has 2 aliphatic rings. The van der Waals surface area contributed by atoms with Gasteiger partial charge in [0, 0.05) is 13.1 Å². The summed E-state index contributed by atoms with van der Waals surface area (Å²) in [6.45, 7) is 7.27. The van der Waals surface area contributed by atoms with Crippen LogP contribution < -0.4 is 11.1 Å². The summed E-state index contributed by atoms with van der Waals surface area (Å²) >= 11 is 0. The lowest BCUT2D eigenvalue weighted by atomic mass is 9.86. The third-order valence-electron chi connectivity index (χ3n) is 4.20. The molecule has 2 amide bonds. The maximum absolute atomic E-state index is 12.9. The van der Waals surface area contributed by atoms with Crippen LogP contribution >= 0.6 is 0 Å². The number of nitrogens with zero attached hydrogens (tertiary/aromatic N) is 1. The molecule has 2 atom stereocenters. The summed E-state index contributed by atoms with van der Waals surface area (Å²) in [5.74, 6) is 0.358. The third-order valence-corrected chi connectivity index (χ3v) is 4.20. The smallest absolute Gasteiger partial charge is 0.270 e. The Morgan fingerprint density at radius 1 is 1.41 bits per heavy atom. The Hall–Kier alpha value is -1.62. The van der Waals surface area contributed by atoms with Crippen molar-refractivity contribution >= 4 is 11.8 Å². The van der Waals surface area contributed by atoms with Crippen molar-refractivity contribution in [3.63, 3.8) is 0 Å². The van der Waals surface area contributed by atoms with E-state index in [1.165, 1.54) is 0 Å². The summed E-state index contributed by atoms with van der Waals surface area (Å²) in [5.41, 5.74) is 7.04. The number of hydrogen-bond acceptors (Lipinski definition) is 3. The van der Waals surface area contributed by atoms with Crippen LogP contribution in [0, 0.1) is 11.8 Å². The molecule has 0 radical (unpaired) electrons. The minimum absolute atomic E-state index is 0.0771. The van der Waals surface area contributed by atoms with Gasteiger partial charge in [0.05, 0.1) is 6.04 Å². The number of nitrogens with one attached hydrogen (secondary N) is 1. The molecule has 2 rings (SSSR count). The van der Waals surface area contributed by atoms with Crippen molar-refractivity contribution in [1.29, 1.82) is 0 Å². The van der Waals surface area contributed by atoms with Gasteiger partial charge in [-0.25, -0.2) is 0 Å². The monoisotopic (exact) mass is 305 g/mol. The average molecular weight is 305 g/mol. The van der Waals surface area contributed by atoms with Crippen LogP contribution in [0.5, 0.6) is 0 Å². The van der Waals surface area contributed by atoms with Gasteiger partial charge in [-0.1, -0.05) is 26.0 Å². The van der Waals surface area contributed by atoms with E-state index in [0.29, 0.717) is 24.1 Å². The molecular formula is C17H27N3O2. The van der Waals surface area contributed by atoms with E-state index in [1.807, 2.05) is 11.0 Å². The molecule has 1 heterocycles. The zero-order valence-electron chi connectivity index (χ0n) is 13.8. The van der Waals surface area contributed by atoms with Crippen LogP contribution in [0.1, 0.15) is 40.0 Å². The minimum Gasteiger partial charge on any atom is -0.337 e. The summed E-state index contributed by atoms with van der Waals surface area (Å²) in [5, 5.41) is 2.78. The van der Waals surface area contributed by atoms with E-state index in [2.05, 4.69) is 25.2 Å². The predicted octanol–water partition coefficient (Wildman–Crippen LogP) is 1.56. The first-order valence-electron chi connectivity index (χ1n) is 8.16. The molecule has 3 N–H and O–H groups in total. The van der Waals surface area contributed by atoms with E-state index < -0.39 is 6.04 Å². The molecule has 0 spiro atoms. The normalized spacial score (nSPS) is 23.4. The van der Waals surface area contributed by atoms with E-state index >= 15 is 0 Å². The van der Waals surface area contributed by atoms with Gasteiger partial charge in [-0.3, -0.25) is 9.59 Å². The third kappa shape index (κ3) is 3.77. The van der Waals surface area contributed by atoms with Gasteiger partial charge >= 0.3 is 0 Å². The Morgan fingerprint density at radius 2 is 2.14 bits per heavy atom. The molecular weight excluding hydrogens is 278 g/mol. The van der Waals surface area contributed by atoms with Gasteiger partial charge in [0.15, 0.2) is 0 Å². The number of nitrogens with two attached hydrogens (primary N) is 1. The van der Waals surface area contributed by atoms with Crippen LogP contribution in [0.4, 0.5) is 0 Å². The molecule has 22 heavy (non-hydrogen) atoms. The second-order valence-electron chi connectivity index (χ2n) is 6.72. The van der Waals surface area contributed by atoms with Crippen molar-refractivity contribution in [3.8, 4) is 0 Å². The van der Waals surface area contributed by atoms with Gasteiger partial charge < -0.3 is 16.0 Å². The molecule has 0 bridgehead atoms. The summed E-state index contributed by atoms with van der Waals surface area (Å²) in [4.78, 5) is 26.7. The maximum atomic E-state index is 12.9. The summed E-state index contributed by atoms with van der Waals surface area (Å²) < 4.78 is 0. The van der Waals surface area contributed by atoms with Gasteiger partial charge in [0.25, 0.3) is 5.91 Å². The second-order valence-corrected chi connectivity index (χ2v) is 6.72. The second kappa shape index (κ2) is 7.09. The summed E-state index contributed by atoms with van der Waals surface area (Å²) in [7, 11) is 0. The first-order chi connectivity index (χ1) is 10.4. The Bertz CT molecular complexity index is 506. The van der Waals surface area contributed by atoms with Gasteiger partial charge in [0.2, 0.25) is 5.91 Å². The fourth-order valence-electron chi connectivity index (χ4n) is 3.06. The molecule has 0 saturated carbocycles. The number of rotatable bonds is 4. The van der Waals surface area contributed by atoms with E-state index in [0.717, 1.165) is 31.4 Å². The maximum Gasteiger partial charge on any atom is 0.270 e. The SMILES string of the molecule is CC(C)CN1CCC2CCC=CC2=C(NC(=O)[C@H](C)N)C1=O. The van der Waals surface area contributed by atoms with Gasteiger partial charge in [-0.05, 0) is 43.6 Å². The van der Waals surface area contributed by atoms with Gasteiger partial charge in [0.1, 0.15) is 5.70 Å². The Kier molecular flexibility index (Phi) is 5.40. The molecule has 0 aromatic heterocycles. The average Bonchev–Trinajstić information content (AvgIpc) is 2.59. The first-order valence-corrected chi connectivity index (χ1v) is 8.16. The van der Waals surface area contributed by atoms with Crippen molar-refractivity contribution < 1.29 is 9.59 Å². The van der Waals surface area contributed by atoms with E-state index in [9.17, 15) is 9.59 Å². The van der Waals surface area contributed by atoms with Crippen molar-refractivity contribution in [3.05, 3.63) is 23.4 Å². The van der Waals surface area contributed by atoms with Crippen LogP contribution in [0.15, 0.2) is 23.4 Å². The van der Waals surface area contributed by atoms with Crippen molar-refractivity contribution in [2.45, 2.75) is 46.1 Å². The lowest BCUT2D eigenvalue weighted by Crippen LogP contribution is -2.44. The fourth-order valence-corrected chi connectivity index (χ4v) is 3.06. The molecule has 122 valence electrons. The number of carbonyl (C=O) groups excluding carboxylic acids is 2. The van der Waals surface area contributed by atoms with Crippen LogP contribution in [0.3, 0.4) is 0 Å². The predicted molar refractivity (Wildman–Crippen MR) is 86.7 cm³/mol. The minimum atomic E-state index is -0.631. The number of amides is 2. The number of allylic oxidation sites excluding steroid dienone is 3. The molecule has 1 unspecified atom stereocenters. The molecule has 5 nitrogen and oxygen atoms in total. The van der Waals surface area contributed by atoms with E-state index in [1.54, 1.807) is 6.92 Å². The summed E-state index contributed by atoms with van der Waals surface area (Å²) in [6.07, 6.45) is 7.10. The fraction of sp³-hybridized carbons (Fsp3) is 0.647. The highest BCUT2D eigenvalue weighted by molar-refractivity contribution is 5.99. The molecule has 0 aromatic rings. The molecule has 5 heteroatoms.